The summed E-state index contributed by atoms with van der Waals surface area (Å²) in [6.07, 6.45) is 2.43. The fourth-order valence-electron chi connectivity index (χ4n) is 1.60. The van der Waals surface area contributed by atoms with Crippen molar-refractivity contribution >= 4 is 5.91 Å². The van der Waals surface area contributed by atoms with Gasteiger partial charge in [0.2, 0.25) is 0 Å². The van der Waals surface area contributed by atoms with Crippen molar-refractivity contribution in [2.75, 3.05) is 0 Å². The number of carbonyl (C=O) groups is 1. The number of hydrogen-bond donors (Lipinski definition) is 2. The van der Waals surface area contributed by atoms with Gasteiger partial charge in [-0.25, -0.2) is 0 Å². The lowest BCUT2D eigenvalue weighted by Gasteiger charge is -2.10. The van der Waals surface area contributed by atoms with Crippen LogP contribution in [0.15, 0.2) is 16.5 Å². The highest BCUT2D eigenvalue weighted by molar-refractivity contribution is 5.91. The summed E-state index contributed by atoms with van der Waals surface area (Å²) in [5, 5.41) is 2.92. The molecule has 0 radical (unpaired) electrons. The quantitative estimate of drug-likeness (QED) is 0.782. The van der Waals surface area contributed by atoms with E-state index in [-0.39, 0.29) is 11.9 Å². The summed E-state index contributed by atoms with van der Waals surface area (Å²) < 4.78 is 5.26. The van der Waals surface area contributed by atoms with Crippen molar-refractivity contribution < 1.29 is 9.21 Å². The second kappa shape index (κ2) is 4.06. The van der Waals surface area contributed by atoms with Gasteiger partial charge >= 0.3 is 0 Å². The molecule has 4 heteroatoms. The number of furan rings is 1. The van der Waals surface area contributed by atoms with Gasteiger partial charge in [0.25, 0.3) is 5.91 Å². The largest absolute Gasteiger partial charge is 0.455 e. The van der Waals surface area contributed by atoms with Crippen LogP contribution in [0.5, 0.6) is 0 Å². The molecular formula is C11H16N2O2. The maximum atomic E-state index is 11.7. The maximum Gasteiger partial charge on any atom is 0.287 e. The summed E-state index contributed by atoms with van der Waals surface area (Å²) >= 11 is 0. The molecule has 1 amide bonds. The molecule has 4 nitrogen and oxygen atoms in total. The van der Waals surface area contributed by atoms with Crippen LogP contribution in [0.25, 0.3) is 0 Å². The normalized spacial score (nSPS) is 17.5. The molecule has 0 aliphatic heterocycles. The Morgan fingerprint density at radius 2 is 2.40 bits per heavy atom. The fraction of sp³-hybridized carbons (Fsp3) is 0.545. The molecule has 82 valence electrons. The molecule has 0 bridgehead atoms. The van der Waals surface area contributed by atoms with Crippen molar-refractivity contribution in [2.45, 2.75) is 32.4 Å². The second-order valence-electron chi connectivity index (χ2n) is 4.07. The molecule has 15 heavy (non-hydrogen) atoms. The van der Waals surface area contributed by atoms with Crippen molar-refractivity contribution in [2.24, 2.45) is 11.7 Å². The summed E-state index contributed by atoms with van der Waals surface area (Å²) in [5.74, 6) is 1.49. The SMILES string of the molecule is CC(NC(=O)c1ccc(CN)o1)C1CC1. The molecule has 1 aliphatic carbocycles. The summed E-state index contributed by atoms with van der Waals surface area (Å²) in [4.78, 5) is 11.7. The van der Waals surface area contributed by atoms with Crippen LogP contribution in [-0.4, -0.2) is 11.9 Å². The molecule has 1 heterocycles. The average molecular weight is 208 g/mol. The van der Waals surface area contributed by atoms with Gasteiger partial charge in [-0.15, -0.1) is 0 Å². The van der Waals surface area contributed by atoms with Gasteiger partial charge in [-0.05, 0) is 37.8 Å². The van der Waals surface area contributed by atoms with E-state index >= 15 is 0 Å². The summed E-state index contributed by atoms with van der Waals surface area (Å²) in [6, 6.07) is 3.64. The van der Waals surface area contributed by atoms with E-state index in [4.69, 9.17) is 10.2 Å². The Kier molecular flexibility index (Phi) is 2.77. The molecule has 0 aromatic carbocycles. The second-order valence-corrected chi connectivity index (χ2v) is 4.07. The van der Waals surface area contributed by atoms with E-state index in [1.54, 1.807) is 12.1 Å². The smallest absolute Gasteiger partial charge is 0.287 e. The molecule has 0 saturated heterocycles. The minimum atomic E-state index is -0.144. The predicted molar refractivity (Wildman–Crippen MR) is 56.3 cm³/mol. The third-order valence-electron chi connectivity index (χ3n) is 2.77. The summed E-state index contributed by atoms with van der Waals surface area (Å²) in [5.41, 5.74) is 5.40. The lowest BCUT2D eigenvalue weighted by Crippen LogP contribution is -2.33. The van der Waals surface area contributed by atoms with Crippen molar-refractivity contribution in [3.63, 3.8) is 0 Å². The van der Waals surface area contributed by atoms with E-state index in [0.29, 0.717) is 24.0 Å². The Balaban J connectivity index is 1.94. The molecule has 1 aromatic rings. The Bertz CT molecular complexity index is 355. The van der Waals surface area contributed by atoms with Crippen LogP contribution < -0.4 is 11.1 Å². The van der Waals surface area contributed by atoms with Gasteiger partial charge in [0.15, 0.2) is 5.76 Å². The molecule has 2 rings (SSSR count). The van der Waals surface area contributed by atoms with Crippen LogP contribution >= 0.6 is 0 Å². The molecule has 1 saturated carbocycles. The molecular weight excluding hydrogens is 192 g/mol. The van der Waals surface area contributed by atoms with Gasteiger partial charge in [-0.1, -0.05) is 0 Å². The zero-order chi connectivity index (χ0) is 10.8. The topological polar surface area (TPSA) is 68.3 Å². The zero-order valence-electron chi connectivity index (χ0n) is 8.82. The third-order valence-corrected chi connectivity index (χ3v) is 2.77. The fourth-order valence-corrected chi connectivity index (χ4v) is 1.60. The predicted octanol–water partition coefficient (Wildman–Crippen LogP) is 1.27. The van der Waals surface area contributed by atoms with Crippen LogP contribution in [0, 0.1) is 5.92 Å². The lowest BCUT2D eigenvalue weighted by molar-refractivity contribution is 0.0906. The van der Waals surface area contributed by atoms with Gasteiger partial charge in [0, 0.05) is 6.04 Å². The summed E-state index contributed by atoms with van der Waals surface area (Å²) in [6.45, 7) is 2.35. The first kappa shape index (κ1) is 10.2. The summed E-state index contributed by atoms with van der Waals surface area (Å²) in [7, 11) is 0. The van der Waals surface area contributed by atoms with Crippen molar-refractivity contribution in [3.05, 3.63) is 23.7 Å². The van der Waals surface area contributed by atoms with Crippen LogP contribution in [-0.2, 0) is 6.54 Å². The maximum absolute atomic E-state index is 11.7. The molecule has 1 aliphatic rings. The standard InChI is InChI=1S/C11H16N2O2/c1-7(8-2-3-8)13-11(14)10-5-4-9(6-12)15-10/h4-5,7-8H,2-3,6,12H2,1H3,(H,13,14). The van der Waals surface area contributed by atoms with E-state index in [1.165, 1.54) is 12.8 Å². The number of hydrogen-bond acceptors (Lipinski definition) is 3. The Morgan fingerprint density at radius 1 is 1.67 bits per heavy atom. The van der Waals surface area contributed by atoms with Gasteiger partial charge in [0.05, 0.1) is 6.54 Å². The Hall–Kier alpha value is -1.29. The number of carbonyl (C=O) groups excluding carboxylic acids is 1. The minimum absolute atomic E-state index is 0.144. The van der Waals surface area contributed by atoms with Crippen molar-refractivity contribution in [1.82, 2.24) is 5.32 Å². The van der Waals surface area contributed by atoms with Crippen LogP contribution in [0.2, 0.25) is 0 Å². The molecule has 1 atom stereocenters. The molecule has 1 fully saturated rings. The van der Waals surface area contributed by atoms with E-state index in [9.17, 15) is 4.79 Å². The zero-order valence-corrected chi connectivity index (χ0v) is 8.82. The Morgan fingerprint density at radius 3 is 2.93 bits per heavy atom. The molecule has 0 spiro atoms. The lowest BCUT2D eigenvalue weighted by atomic mass is 10.2. The van der Waals surface area contributed by atoms with Gasteiger partial charge in [-0.2, -0.15) is 0 Å². The van der Waals surface area contributed by atoms with Gasteiger partial charge in [0.1, 0.15) is 5.76 Å². The van der Waals surface area contributed by atoms with Gasteiger partial charge < -0.3 is 15.5 Å². The van der Waals surface area contributed by atoms with Crippen LogP contribution in [0.3, 0.4) is 0 Å². The Labute approximate surface area is 88.8 Å². The first-order valence-corrected chi connectivity index (χ1v) is 5.30. The van der Waals surface area contributed by atoms with Crippen molar-refractivity contribution in [1.29, 1.82) is 0 Å². The first-order chi connectivity index (χ1) is 7.20. The van der Waals surface area contributed by atoms with E-state index in [1.807, 2.05) is 6.92 Å². The van der Waals surface area contributed by atoms with Crippen molar-refractivity contribution in [3.8, 4) is 0 Å². The number of amides is 1. The van der Waals surface area contributed by atoms with E-state index in [2.05, 4.69) is 5.32 Å². The first-order valence-electron chi connectivity index (χ1n) is 5.30. The van der Waals surface area contributed by atoms with Crippen LogP contribution in [0.4, 0.5) is 0 Å². The van der Waals surface area contributed by atoms with E-state index in [0.717, 1.165) is 0 Å². The number of nitrogens with one attached hydrogen (secondary N) is 1. The highest BCUT2D eigenvalue weighted by atomic mass is 16.4. The van der Waals surface area contributed by atoms with E-state index < -0.39 is 0 Å². The third kappa shape index (κ3) is 2.39. The van der Waals surface area contributed by atoms with Crippen LogP contribution in [0.1, 0.15) is 36.1 Å². The highest BCUT2D eigenvalue weighted by Crippen LogP contribution is 2.32. The monoisotopic (exact) mass is 208 g/mol. The number of nitrogens with two attached hydrogens (primary N) is 1. The number of rotatable bonds is 4. The minimum Gasteiger partial charge on any atom is -0.455 e. The average Bonchev–Trinajstić information content (AvgIpc) is 2.96. The van der Waals surface area contributed by atoms with Gasteiger partial charge in [-0.3, -0.25) is 4.79 Å². The molecule has 3 N–H and O–H groups in total. The molecule has 1 unspecified atom stereocenters. The molecule has 1 aromatic heterocycles. The highest BCUT2D eigenvalue weighted by Gasteiger charge is 2.29.